The molecule has 3 heteroatoms. The van der Waals surface area contributed by atoms with E-state index >= 15 is 0 Å². The fourth-order valence-corrected chi connectivity index (χ4v) is 1.88. The van der Waals surface area contributed by atoms with Gasteiger partial charge in [-0.2, -0.15) is 0 Å². The molecule has 0 fully saturated rings. The molecule has 0 saturated carbocycles. The molecule has 0 aliphatic carbocycles. The SMILES string of the molecule is CCOC(=O)O/C(=C\Cc1ccccc1)c1ccccc1. The molecule has 2 aromatic carbocycles. The van der Waals surface area contributed by atoms with Crippen LogP contribution < -0.4 is 0 Å². The average Bonchev–Trinajstić information content (AvgIpc) is 2.53. The molecule has 2 rings (SSSR count). The molecule has 0 aromatic heterocycles. The molecule has 0 saturated heterocycles. The molecule has 0 bridgehead atoms. The number of carbonyl (C=O) groups is 1. The van der Waals surface area contributed by atoms with Crippen LogP contribution in [0.5, 0.6) is 0 Å². The van der Waals surface area contributed by atoms with Gasteiger partial charge in [0.15, 0.2) is 0 Å². The van der Waals surface area contributed by atoms with Gasteiger partial charge in [-0.15, -0.1) is 0 Å². The first-order valence-electron chi connectivity index (χ1n) is 6.93. The summed E-state index contributed by atoms with van der Waals surface area (Å²) in [5.74, 6) is 0.512. The van der Waals surface area contributed by atoms with Gasteiger partial charge in [0.2, 0.25) is 0 Å². The van der Waals surface area contributed by atoms with E-state index in [-0.39, 0.29) is 0 Å². The van der Waals surface area contributed by atoms with E-state index in [1.807, 2.05) is 66.7 Å². The molecule has 0 atom stereocenters. The number of allylic oxidation sites excluding steroid dienone is 1. The number of hydrogen-bond donors (Lipinski definition) is 0. The molecule has 0 spiro atoms. The van der Waals surface area contributed by atoms with Gasteiger partial charge in [-0.3, -0.25) is 0 Å². The lowest BCUT2D eigenvalue weighted by Crippen LogP contribution is -2.06. The Hall–Kier alpha value is -2.55. The fourth-order valence-electron chi connectivity index (χ4n) is 1.88. The second-order valence-corrected chi connectivity index (χ2v) is 4.41. The quantitative estimate of drug-likeness (QED) is 0.600. The average molecular weight is 282 g/mol. The van der Waals surface area contributed by atoms with Crippen molar-refractivity contribution in [3.8, 4) is 0 Å². The Balaban J connectivity index is 2.17. The maximum Gasteiger partial charge on any atom is 0.513 e. The Morgan fingerprint density at radius 2 is 1.62 bits per heavy atom. The maximum atomic E-state index is 11.6. The molecular formula is C18H18O3. The Morgan fingerprint density at radius 1 is 1.00 bits per heavy atom. The van der Waals surface area contributed by atoms with Crippen LogP contribution in [-0.2, 0) is 15.9 Å². The number of rotatable bonds is 5. The van der Waals surface area contributed by atoms with Crippen molar-refractivity contribution in [2.45, 2.75) is 13.3 Å². The Labute approximate surface area is 124 Å². The summed E-state index contributed by atoms with van der Waals surface area (Å²) in [6, 6.07) is 19.5. The molecule has 0 radical (unpaired) electrons. The van der Waals surface area contributed by atoms with Crippen LogP contribution in [0.4, 0.5) is 4.79 Å². The van der Waals surface area contributed by atoms with E-state index in [4.69, 9.17) is 9.47 Å². The second-order valence-electron chi connectivity index (χ2n) is 4.41. The molecule has 0 unspecified atom stereocenters. The maximum absolute atomic E-state index is 11.6. The van der Waals surface area contributed by atoms with Crippen LogP contribution in [0.1, 0.15) is 18.1 Å². The molecule has 108 valence electrons. The topological polar surface area (TPSA) is 35.5 Å². The minimum absolute atomic E-state index is 0.291. The van der Waals surface area contributed by atoms with Gasteiger partial charge in [-0.25, -0.2) is 4.79 Å². The summed E-state index contributed by atoms with van der Waals surface area (Å²) >= 11 is 0. The Bertz CT molecular complexity index is 588. The van der Waals surface area contributed by atoms with Crippen LogP contribution in [0.3, 0.4) is 0 Å². The van der Waals surface area contributed by atoms with Crippen molar-refractivity contribution in [3.63, 3.8) is 0 Å². The van der Waals surface area contributed by atoms with Gasteiger partial charge >= 0.3 is 6.16 Å². The highest BCUT2D eigenvalue weighted by atomic mass is 16.7. The zero-order valence-electron chi connectivity index (χ0n) is 12.0. The highest BCUT2D eigenvalue weighted by molar-refractivity contribution is 5.73. The van der Waals surface area contributed by atoms with Crippen molar-refractivity contribution in [2.24, 2.45) is 0 Å². The van der Waals surface area contributed by atoms with Gasteiger partial charge in [-0.05, 0) is 25.0 Å². The van der Waals surface area contributed by atoms with Crippen LogP contribution in [0, 0.1) is 0 Å². The van der Waals surface area contributed by atoms with E-state index in [0.29, 0.717) is 18.8 Å². The monoisotopic (exact) mass is 282 g/mol. The summed E-state index contributed by atoms with van der Waals surface area (Å²) < 4.78 is 10.1. The van der Waals surface area contributed by atoms with Gasteiger partial charge in [0.05, 0.1) is 6.61 Å². The van der Waals surface area contributed by atoms with Gasteiger partial charge in [0.1, 0.15) is 5.76 Å². The molecule has 21 heavy (non-hydrogen) atoms. The molecule has 0 aliphatic heterocycles. The summed E-state index contributed by atoms with van der Waals surface area (Å²) in [6.45, 7) is 2.04. The van der Waals surface area contributed by atoms with E-state index in [9.17, 15) is 4.79 Å². The zero-order chi connectivity index (χ0) is 14.9. The van der Waals surface area contributed by atoms with Crippen molar-refractivity contribution in [2.75, 3.05) is 6.61 Å². The third-order valence-corrected chi connectivity index (χ3v) is 2.88. The lowest BCUT2D eigenvalue weighted by atomic mass is 10.1. The van der Waals surface area contributed by atoms with Crippen molar-refractivity contribution in [1.29, 1.82) is 0 Å². The van der Waals surface area contributed by atoms with E-state index in [1.165, 1.54) is 0 Å². The Morgan fingerprint density at radius 3 is 2.24 bits per heavy atom. The predicted molar refractivity (Wildman–Crippen MR) is 82.7 cm³/mol. The molecule has 0 heterocycles. The number of benzene rings is 2. The van der Waals surface area contributed by atoms with E-state index < -0.39 is 6.16 Å². The summed E-state index contributed by atoms with van der Waals surface area (Å²) in [7, 11) is 0. The normalized spacial score (nSPS) is 11.0. The van der Waals surface area contributed by atoms with Gasteiger partial charge in [0, 0.05) is 5.56 Å². The molecule has 0 aliphatic rings. The van der Waals surface area contributed by atoms with Crippen LogP contribution in [0.25, 0.3) is 5.76 Å². The van der Waals surface area contributed by atoms with Crippen molar-refractivity contribution in [3.05, 3.63) is 77.9 Å². The van der Waals surface area contributed by atoms with Crippen LogP contribution in [0.15, 0.2) is 66.7 Å². The minimum atomic E-state index is -0.680. The zero-order valence-corrected chi connectivity index (χ0v) is 12.0. The smallest absolute Gasteiger partial charge is 0.434 e. The molecule has 0 N–H and O–H groups in total. The lowest BCUT2D eigenvalue weighted by molar-refractivity contribution is 0.0952. The van der Waals surface area contributed by atoms with Gasteiger partial charge < -0.3 is 9.47 Å². The van der Waals surface area contributed by atoms with E-state index in [1.54, 1.807) is 6.92 Å². The van der Waals surface area contributed by atoms with Crippen LogP contribution in [-0.4, -0.2) is 12.8 Å². The Kier molecular flexibility index (Phi) is 5.59. The second kappa shape index (κ2) is 7.90. The van der Waals surface area contributed by atoms with E-state index in [0.717, 1.165) is 11.1 Å². The predicted octanol–water partition coefficient (Wildman–Crippen LogP) is 4.44. The molecule has 3 nitrogen and oxygen atoms in total. The van der Waals surface area contributed by atoms with Crippen molar-refractivity contribution >= 4 is 11.9 Å². The highest BCUT2D eigenvalue weighted by Crippen LogP contribution is 2.17. The third-order valence-electron chi connectivity index (χ3n) is 2.88. The number of carbonyl (C=O) groups excluding carboxylic acids is 1. The van der Waals surface area contributed by atoms with Crippen molar-refractivity contribution in [1.82, 2.24) is 0 Å². The summed E-state index contributed by atoms with van der Waals surface area (Å²) in [5.41, 5.74) is 2.00. The van der Waals surface area contributed by atoms with Crippen molar-refractivity contribution < 1.29 is 14.3 Å². The first kappa shape index (κ1) is 14.9. The van der Waals surface area contributed by atoms with Gasteiger partial charge in [-0.1, -0.05) is 60.7 Å². The summed E-state index contributed by atoms with van der Waals surface area (Å²) in [6.07, 6.45) is 1.90. The molecular weight excluding hydrogens is 264 g/mol. The van der Waals surface area contributed by atoms with Gasteiger partial charge in [0.25, 0.3) is 0 Å². The highest BCUT2D eigenvalue weighted by Gasteiger charge is 2.09. The molecule has 0 amide bonds. The first-order chi connectivity index (χ1) is 10.3. The summed E-state index contributed by atoms with van der Waals surface area (Å²) in [5, 5.41) is 0. The first-order valence-corrected chi connectivity index (χ1v) is 6.93. The lowest BCUT2D eigenvalue weighted by Gasteiger charge is -2.09. The largest absolute Gasteiger partial charge is 0.513 e. The number of ether oxygens (including phenoxy) is 2. The third kappa shape index (κ3) is 4.80. The summed E-state index contributed by atoms with van der Waals surface area (Å²) in [4.78, 5) is 11.6. The number of hydrogen-bond acceptors (Lipinski definition) is 3. The fraction of sp³-hybridized carbons (Fsp3) is 0.167. The molecule has 2 aromatic rings. The standard InChI is InChI=1S/C18H18O3/c1-2-20-18(19)21-17(16-11-7-4-8-12-16)14-13-15-9-5-3-6-10-15/h3-12,14H,2,13H2,1H3/b17-14-. The van der Waals surface area contributed by atoms with E-state index in [2.05, 4.69) is 0 Å². The minimum Gasteiger partial charge on any atom is -0.434 e. The van der Waals surface area contributed by atoms with Crippen LogP contribution in [0.2, 0.25) is 0 Å². The van der Waals surface area contributed by atoms with Crippen LogP contribution >= 0.6 is 0 Å².